The summed E-state index contributed by atoms with van der Waals surface area (Å²) in [6, 6.07) is -0.456. The Morgan fingerprint density at radius 3 is 2.58 bits per heavy atom. The van der Waals surface area contributed by atoms with E-state index in [-0.39, 0.29) is 29.9 Å². The fourth-order valence-electron chi connectivity index (χ4n) is 4.47. The zero-order valence-electron chi connectivity index (χ0n) is 18.3. The second-order valence-corrected chi connectivity index (χ2v) is 11.1. The molecule has 3 N–H and O–H groups in total. The Hall–Kier alpha value is -2.01. The maximum Gasteiger partial charge on any atom is 0.288 e. The minimum absolute atomic E-state index is 0.0314. The lowest BCUT2D eigenvalue weighted by atomic mass is 9.96. The molecule has 0 saturated carbocycles. The number of nitrogens with zero attached hydrogens (tertiary/aromatic N) is 1. The first kappa shape index (κ1) is 24.1. The number of hydrogen-bond donors (Lipinski definition) is 3. The van der Waals surface area contributed by atoms with E-state index in [1.807, 2.05) is 0 Å². The number of sulfonamides is 1. The van der Waals surface area contributed by atoms with Crippen molar-refractivity contribution in [2.45, 2.75) is 37.7 Å². The van der Waals surface area contributed by atoms with Crippen molar-refractivity contribution in [2.24, 2.45) is 5.92 Å². The molecule has 2 atom stereocenters. The van der Waals surface area contributed by atoms with Crippen molar-refractivity contribution in [3.8, 4) is 0 Å². The monoisotopic (exact) mass is 516 g/mol. The van der Waals surface area contributed by atoms with Crippen LogP contribution in [0.15, 0.2) is 44.8 Å². The summed E-state index contributed by atoms with van der Waals surface area (Å²) in [6.07, 6.45) is 4.37. The first-order valence-electron chi connectivity index (χ1n) is 10.7. The number of allylic oxidation sites excluding steroid dienone is 2. The van der Waals surface area contributed by atoms with E-state index in [0.29, 0.717) is 59.4 Å². The van der Waals surface area contributed by atoms with Gasteiger partial charge in [0.15, 0.2) is 5.76 Å². The van der Waals surface area contributed by atoms with Gasteiger partial charge in [0.05, 0.1) is 6.04 Å². The van der Waals surface area contributed by atoms with Crippen LogP contribution in [-0.4, -0.2) is 63.3 Å². The number of carbonyl (C=O) groups is 2. The normalized spacial score (nSPS) is 26.0. The van der Waals surface area contributed by atoms with E-state index in [9.17, 15) is 18.0 Å². The molecule has 0 aromatic carbocycles. The van der Waals surface area contributed by atoms with Crippen molar-refractivity contribution in [3.05, 3.63) is 44.8 Å². The second-order valence-electron chi connectivity index (χ2n) is 8.46. The van der Waals surface area contributed by atoms with Crippen molar-refractivity contribution < 1.29 is 22.7 Å². The SMILES string of the molecule is CNC(=O)C1CCN(C(=O)C2=C(C)CC(S(=O)(=O)NC3=CC=C(Cl)C4=C(Cl)CNC34)O2)CC1. The first-order chi connectivity index (χ1) is 15.6. The van der Waals surface area contributed by atoms with Gasteiger partial charge in [0.2, 0.25) is 11.3 Å². The van der Waals surface area contributed by atoms with Gasteiger partial charge in [-0.3, -0.25) is 19.6 Å². The molecule has 3 heterocycles. The zero-order valence-corrected chi connectivity index (χ0v) is 20.6. The molecule has 0 bridgehead atoms. The summed E-state index contributed by atoms with van der Waals surface area (Å²) in [7, 11) is -2.38. The maximum atomic E-state index is 13.1. The third-order valence-corrected chi connectivity index (χ3v) is 8.47. The minimum Gasteiger partial charge on any atom is -0.467 e. The van der Waals surface area contributed by atoms with Crippen LogP contribution in [0.1, 0.15) is 26.2 Å². The van der Waals surface area contributed by atoms with Crippen LogP contribution < -0.4 is 15.4 Å². The number of hydrogen-bond acceptors (Lipinski definition) is 6. The fourth-order valence-corrected chi connectivity index (χ4v) is 6.43. The maximum absolute atomic E-state index is 13.1. The Balaban J connectivity index is 1.41. The number of piperidine rings is 1. The van der Waals surface area contributed by atoms with Crippen LogP contribution in [0.25, 0.3) is 0 Å². The van der Waals surface area contributed by atoms with Crippen molar-refractivity contribution in [1.82, 2.24) is 20.3 Å². The van der Waals surface area contributed by atoms with Crippen molar-refractivity contribution in [1.29, 1.82) is 0 Å². The van der Waals surface area contributed by atoms with E-state index in [1.54, 1.807) is 31.0 Å². The number of amides is 2. The summed E-state index contributed by atoms with van der Waals surface area (Å²) in [5, 5.41) is 6.76. The van der Waals surface area contributed by atoms with Crippen LogP contribution in [0.5, 0.6) is 0 Å². The molecular formula is C21H26Cl2N4O5S. The Morgan fingerprint density at radius 2 is 1.91 bits per heavy atom. The summed E-state index contributed by atoms with van der Waals surface area (Å²) in [4.78, 5) is 26.4. The molecule has 12 heteroatoms. The molecule has 1 fully saturated rings. The number of rotatable bonds is 5. The smallest absolute Gasteiger partial charge is 0.288 e. The lowest BCUT2D eigenvalue weighted by Gasteiger charge is -2.31. The van der Waals surface area contributed by atoms with Crippen molar-refractivity contribution in [3.63, 3.8) is 0 Å². The Bertz CT molecular complexity index is 1100. The molecule has 2 amide bonds. The van der Waals surface area contributed by atoms with Crippen LogP contribution in [0.3, 0.4) is 0 Å². The third-order valence-electron chi connectivity index (χ3n) is 6.33. The average molecular weight is 517 g/mol. The lowest BCUT2D eigenvalue weighted by molar-refractivity contribution is -0.135. The summed E-state index contributed by atoms with van der Waals surface area (Å²) in [5.74, 6) is -0.441. The highest BCUT2D eigenvalue weighted by Crippen LogP contribution is 2.36. The molecule has 9 nitrogen and oxygen atoms in total. The highest BCUT2D eigenvalue weighted by molar-refractivity contribution is 7.90. The average Bonchev–Trinajstić information content (AvgIpc) is 3.39. The molecule has 4 aliphatic rings. The molecule has 0 spiro atoms. The van der Waals surface area contributed by atoms with Crippen LogP contribution in [-0.2, 0) is 24.3 Å². The van der Waals surface area contributed by atoms with Crippen LogP contribution in [0.2, 0.25) is 0 Å². The quantitative estimate of drug-likeness (QED) is 0.508. The topological polar surface area (TPSA) is 117 Å². The Labute approximate surface area is 202 Å². The predicted octanol–water partition coefficient (Wildman–Crippen LogP) is 1.40. The van der Waals surface area contributed by atoms with E-state index in [0.717, 1.165) is 0 Å². The minimum atomic E-state index is -3.97. The highest BCUT2D eigenvalue weighted by Gasteiger charge is 2.41. The summed E-state index contributed by atoms with van der Waals surface area (Å²) in [6.45, 7) is 2.91. The van der Waals surface area contributed by atoms with E-state index in [2.05, 4.69) is 15.4 Å². The number of ether oxygens (including phenoxy) is 1. The van der Waals surface area contributed by atoms with E-state index in [4.69, 9.17) is 27.9 Å². The number of nitrogens with one attached hydrogen (secondary N) is 3. The number of carbonyl (C=O) groups excluding carboxylic acids is 2. The molecule has 3 aliphatic heterocycles. The molecule has 2 unspecified atom stereocenters. The summed E-state index contributed by atoms with van der Waals surface area (Å²) in [5.41, 5.74) is 0.386. The highest BCUT2D eigenvalue weighted by atomic mass is 35.5. The summed E-state index contributed by atoms with van der Waals surface area (Å²) < 4.78 is 34.4. The molecule has 33 heavy (non-hydrogen) atoms. The molecular weight excluding hydrogens is 491 g/mol. The van der Waals surface area contributed by atoms with Gasteiger partial charge in [-0.25, -0.2) is 8.42 Å². The fraction of sp³-hybridized carbons (Fsp3) is 0.524. The van der Waals surface area contributed by atoms with Gasteiger partial charge in [-0.05, 0) is 37.5 Å². The largest absolute Gasteiger partial charge is 0.467 e. The van der Waals surface area contributed by atoms with Crippen LogP contribution >= 0.6 is 23.2 Å². The lowest BCUT2D eigenvalue weighted by Crippen LogP contribution is -2.44. The van der Waals surface area contributed by atoms with Crippen LogP contribution in [0, 0.1) is 5.92 Å². The van der Waals surface area contributed by atoms with Gasteiger partial charge in [-0.2, -0.15) is 0 Å². The number of halogens is 2. The molecule has 1 saturated heterocycles. The van der Waals surface area contributed by atoms with Crippen molar-refractivity contribution >= 4 is 45.0 Å². The Kier molecular flexibility index (Phi) is 6.82. The molecule has 0 aromatic heterocycles. The van der Waals surface area contributed by atoms with E-state index >= 15 is 0 Å². The third kappa shape index (κ3) is 4.66. The Morgan fingerprint density at radius 1 is 1.21 bits per heavy atom. The first-order valence-corrected chi connectivity index (χ1v) is 13.0. The standard InChI is InChI=1S/C21H26Cl2N4O5S/c1-11-9-16(32-19(11)21(29)27-7-5-12(6-8-27)20(28)24-2)33(30,31)26-15-4-3-13(22)17-14(23)10-25-18(15)17/h3-4,12,16,18,25-26H,5-10H2,1-2H3,(H,24,28). The van der Waals surface area contributed by atoms with Crippen LogP contribution in [0.4, 0.5) is 0 Å². The molecule has 1 aliphatic carbocycles. The van der Waals surface area contributed by atoms with Crippen molar-refractivity contribution in [2.75, 3.05) is 26.7 Å². The van der Waals surface area contributed by atoms with Gasteiger partial charge in [0.1, 0.15) is 0 Å². The van der Waals surface area contributed by atoms with Gasteiger partial charge in [0, 0.05) is 60.4 Å². The van der Waals surface area contributed by atoms with E-state index in [1.165, 1.54) is 0 Å². The van der Waals surface area contributed by atoms with E-state index < -0.39 is 21.5 Å². The van der Waals surface area contributed by atoms with Gasteiger partial charge >= 0.3 is 0 Å². The molecule has 0 aromatic rings. The number of likely N-dealkylation sites (tertiary alicyclic amines) is 1. The number of fused-ring (bicyclic) bond motifs is 1. The van der Waals surface area contributed by atoms with Gasteiger partial charge in [0.25, 0.3) is 15.9 Å². The van der Waals surface area contributed by atoms with Gasteiger partial charge < -0.3 is 15.0 Å². The van der Waals surface area contributed by atoms with Gasteiger partial charge in [-0.1, -0.05) is 23.2 Å². The summed E-state index contributed by atoms with van der Waals surface area (Å²) >= 11 is 12.4. The zero-order chi connectivity index (χ0) is 23.9. The second kappa shape index (κ2) is 9.32. The van der Waals surface area contributed by atoms with Gasteiger partial charge in [-0.15, -0.1) is 0 Å². The predicted molar refractivity (Wildman–Crippen MR) is 124 cm³/mol. The molecule has 4 rings (SSSR count). The molecule has 180 valence electrons. The molecule has 0 radical (unpaired) electrons.